The van der Waals surface area contributed by atoms with Crippen molar-refractivity contribution in [3.8, 4) is 11.4 Å². The normalized spacial score (nSPS) is 18.0. The van der Waals surface area contributed by atoms with Gasteiger partial charge in [-0.1, -0.05) is 23.7 Å². The molecule has 1 aromatic heterocycles. The number of anilines is 1. The number of oxime groups is 1. The highest BCUT2D eigenvalue weighted by Crippen LogP contribution is 2.25. The fourth-order valence-corrected chi connectivity index (χ4v) is 3.98. The zero-order valence-electron chi connectivity index (χ0n) is 16.9. The van der Waals surface area contributed by atoms with Gasteiger partial charge in [0.1, 0.15) is 11.6 Å². The van der Waals surface area contributed by atoms with Crippen molar-refractivity contribution < 1.29 is 14.0 Å². The minimum atomic E-state index is -0.745. The second-order valence-corrected chi connectivity index (χ2v) is 7.82. The Balaban J connectivity index is 1.24. The Hall–Kier alpha value is -3.55. The number of hydrogen-bond donors (Lipinski definition) is 1. The first-order valence-corrected chi connectivity index (χ1v) is 10.5. The molecule has 0 bridgehead atoms. The van der Waals surface area contributed by atoms with E-state index in [1.165, 1.54) is 18.6 Å². The number of aromatic nitrogens is 3. The largest absolute Gasteiger partial charge is 0.382 e. The van der Waals surface area contributed by atoms with Crippen LogP contribution in [0, 0.1) is 5.82 Å². The molecule has 1 N–H and O–H groups in total. The Labute approximate surface area is 178 Å². The van der Waals surface area contributed by atoms with Gasteiger partial charge in [-0.15, -0.1) is 10.2 Å². The predicted octanol–water partition coefficient (Wildman–Crippen LogP) is 3.94. The van der Waals surface area contributed by atoms with Crippen molar-refractivity contribution in [1.82, 2.24) is 14.8 Å². The number of hydrogen-bond acceptors (Lipinski definition) is 5. The summed E-state index contributed by atoms with van der Waals surface area (Å²) in [5.41, 5.74) is 2.80. The van der Waals surface area contributed by atoms with Crippen molar-refractivity contribution in [3.05, 3.63) is 65.7 Å². The van der Waals surface area contributed by atoms with Gasteiger partial charge in [0.2, 0.25) is 6.10 Å². The lowest BCUT2D eigenvalue weighted by Gasteiger charge is -2.11. The number of carbonyl (C=O) groups is 1. The molecule has 2 aliphatic rings. The van der Waals surface area contributed by atoms with Crippen LogP contribution in [0.2, 0.25) is 0 Å². The molecule has 0 fully saturated rings. The van der Waals surface area contributed by atoms with Gasteiger partial charge in [0.05, 0.1) is 5.71 Å². The molecule has 0 spiro atoms. The minimum absolute atomic E-state index is 0.291. The van der Waals surface area contributed by atoms with Crippen molar-refractivity contribution in [1.29, 1.82) is 0 Å². The number of fused-ring (bicyclic) bond motifs is 1. The molecule has 1 atom stereocenters. The highest BCUT2D eigenvalue weighted by atomic mass is 19.1. The molecule has 0 aliphatic carbocycles. The quantitative estimate of drug-likeness (QED) is 0.695. The Morgan fingerprint density at radius 1 is 1.06 bits per heavy atom. The summed E-state index contributed by atoms with van der Waals surface area (Å²) in [5, 5.41) is 15.5. The summed E-state index contributed by atoms with van der Waals surface area (Å²) >= 11 is 0. The van der Waals surface area contributed by atoms with Crippen molar-refractivity contribution in [2.75, 3.05) is 5.32 Å². The van der Waals surface area contributed by atoms with Crippen LogP contribution in [0.4, 0.5) is 10.1 Å². The average molecular weight is 419 g/mol. The third-order valence-corrected chi connectivity index (χ3v) is 5.64. The maximum atomic E-state index is 13.4. The summed E-state index contributed by atoms with van der Waals surface area (Å²) in [6.45, 7) is 0.933. The maximum absolute atomic E-state index is 13.4. The molecule has 0 saturated heterocycles. The van der Waals surface area contributed by atoms with Gasteiger partial charge in [0.15, 0.2) is 5.82 Å². The van der Waals surface area contributed by atoms with Gasteiger partial charge in [-0.25, -0.2) is 4.39 Å². The molecular weight excluding hydrogens is 397 g/mol. The Morgan fingerprint density at radius 3 is 2.77 bits per heavy atom. The van der Waals surface area contributed by atoms with E-state index in [-0.39, 0.29) is 11.7 Å². The van der Waals surface area contributed by atoms with Crippen LogP contribution >= 0.6 is 0 Å². The highest BCUT2D eigenvalue weighted by Gasteiger charge is 2.29. The number of nitrogens with zero attached hydrogens (tertiary/aromatic N) is 4. The van der Waals surface area contributed by atoms with Crippen LogP contribution < -0.4 is 5.32 Å². The number of nitrogens with one attached hydrogen (secondary N) is 1. The molecule has 8 heteroatoms. The molecule has 1 unspecified atom stereocenters. The first kappa shape index (κ1) is 19.4. The molecule has 2 aliphatic heterocycles. The van der Waals surface area contributed by atoms with E-state index in [9.17, 15) is 9.18 Å². The van der Waals surface area contributed by atoms with Crippen LogP contribution in [0.1, 0.15) is 37.1 Å². The molecule has 1 amide bonds. The summed E-state index contributed by atoms with van der Waals surface area (Å²) in [6.07, 6.45) is 4.00. The fourth-order valence-electron chi connectivity index (χ4n) is 3.98. The Morgan fingerprint density at radius 2 is 1.94 bits per heavy atom. The number of halogens is 1. The van der Waals surface area contributed by atoms with Crippen molar-refractivity contribution >= 4 is 17.3 Å². The molecule has 0 radical (unpaired) electrons. The third-order valence-electron chi connectivity index (χ3n) is 5.64. The van der Waals surface area contributed by atoms with Crippen LogP contribution in [0.25, 0.3) is 11.4 Å². The highest BCUT2D eigenvalue weighted by molar-refractivity contribution is 6.06. The lowest BCUT2D eigenvalue weighted by Crippen LogP contribution is -2.28. The third kappa shape index (κ3) is 4.05. The standard InChI is InChI=1S/C23H22FN5O2/c24-17-6-4-5-16(13-17)19-14-20(31-28-19)23(30)25-18-10-8-15(9-11-18)22-27-26-21-7-2-1-3-12-29(21)22/h4-6,8-11,13,20H,1-3,7,12,14H2,(H,25,30). The molecule has 2 aromatic carbocycles. The van der Waals surface area contributed by atoms with E-state index in [0.29, 0.717) is 23.4 Å². The summed E-state index contributed by atoms with van der Waals surface area (Å²) in [7, 11) is 0. The molecule has 5 rings (SSSR count). The van der Waals surface area contributed by atoms with E-state index in [1.807, 2.05) is 24.3 Å². The lowest BCUT2D eigenvalue weighted by molar-refractivity contribution is -0.125. The molecule has 3 aromatic rings. The Bertz CT molecular complexity index is 1140. The first-order chi connectivity index (χ1) is 15.2. The molecule has 3 heterocycles. The number of benzene rings is 2. The fraction of sp³-hybridized carbons (Fsp3) is 0.304. The molecule has 31 heavy (non-hydrogen) atoms. The van der Waals surface area contributed by atoms with Crippen molar-refractivity contribution in [3.63, 3.8) is 0 Å². The van der Waals surface area contributed by atoms with Gasteiger partial charge in [-0.3, -0.25) is 4.79 Å². The second kappa shape index (κ2) is 8.29. The topological polar surface area (TPSA) is 81.4 Å². The van der Waals surface area contributed by atoms with Gasteiger partial charge < -0.3 is 14.7 Å². The molecular formula is C23H22FN5O2. The van der Waals surface area contributed by atoms with Crippen LogP contribution in [-0.2, 0) is 22.6 Å². The maximum Gasteiger partial charge on any atom is 0.268 e. The molecule has 158 valence electrons. The van der Waals surface area contributed by atoms with E-state index in [4.69, 9.17) is 4.84 Å². The minimum Gasteiger partial charge on any atom is -0.382 e. The van der Waals surface area contributed by atoms with E-state index in [0.717, 1.165) is 43.0 Å². The van der Waals surface area contributed by atoms with E-state index < -0.39 is 6.10 Å². The van der Waals surface area contributed by atoms with Gasteiger partial charge >= 0.3 is 0 Å². The van der Waals surface area contributed by atoms with Crippen LogP contribution in [-0.4, -0.2) is 32.5 Å². The SMILES string of the molecule is O=C(Nc1ccc(-c2nnc3n2CCCCC3)cc1)C1CC(c2cccc(F)c2)=NO1. The number of amides is 1. The lowest BCUT2D eigenvalue weighted by atomic mass is 10.0. The van der Waals surface area contributed by atoms with Crippen molar-refractivity contribution in [2.45, 2.75) is 44.8 Å². The van der Waals surface area contributed by atoms with Crippen LogP contribution in [0.15, 0.2) is 53.7 Å². The van der Waals surface area contributed by atoms with Crippen molar-refractivity contribution in [2.24, 2.45) is 5.16 Å². The summed E-state index contributed by atoms with van der Waals surface area (Å²) in [4.78, 5) is 17.9. The van der Waals surface area contributed by atoms with Gasteiger partial charge in [-0.05, 0) is 49.2 Å². The second-order valence-electron chi connectivity index (χ2n) is 7.82. The van der Waals surface area contributed by atoms with Crippen LogP contribution in [0.3, 0.4) is 0 Å². The molecule has 0 saturated carbocycles. The predicted molar refractivity (Wildman–Crippen MR) is 114 cm³/mol. The Kier molecular flexibility index (Phi) is 5.19. The monoisotopic (exact) mass is 419 g/mol. The smallest absolute Gasteiger partial charge is 0.268 e. The van der Waals surface area contributed by atoms with Gasteiger partial charge in [0.25, 0.3) is 5.91 Å². The first-order valence-electron chi connectivity index (χ1n) is 10.5. The average Bonchev–Trinajstić information content (AvgIpc) is 3.37. The summed E-state index contributed by atoms with van der Waals surface area (Å²) in [5.74, 6) is 1.26. The summed E-state index contributed by atoms with van der Waals surface area (Å²) < 4.78 is 15.6. The summed E-state index contributed by atoms with van der Waals surface area (Å²) in [6, 6.07) is 13.6. The van der Waals surface area contributed by atoms with Crippen LogP contribution in [0.5, 0.6) is 0 Å². The van der Waals surface area contributed by atoms with E-state index in [1.54, 1.807) is 12.1 Å². The van der Waals surface area contributed by atoms with E-state index in [2.05, 4.69) is 25.2 Å². The number of aryl methyl sites for hydroxylation is 1. The van der Waals surface area contributed by atoms with Gasteiger partial charge in [-0.2, -0.15) is 0 Å². The number of rotatable bonds is 4. The van der Waals surface area contributed by atoms with Gasteiger partial charge in [0, 0.05) is 36.2 Å². The van der Waals surface area contributed by atoms with E-state index >= 15 is 0 Å². The number of carbonyl (C=O) groups excluding carboxylic acids is 1. The molecule has 7 nitrogen and oxygen atoms in total. The zero-order valence-corrected chi connectivity index (χ0v) is 16.9. The zero-order chi connectivity index (χ0) is 21.2.